The van der Waals surface area contributed by atoms with Gasteiger partial charge in [-0.05, 0) is 77.6 Å². The number of nitrogens with zero attached hydrogens (tertiary/aromatic N) is 2. The zero-order valence-electron chi connectivity index (χ0n) is 24.5. The summed E-state index contributed by atoms with van der Waals surface area (Å²) in [6.07, 6.45) is 9.56. The van der Waals surface area contributed by atoms with E-state index in [1.807, 2.05) is 6.92 Å². The van der Waals surface area contributed by atoms with Crippen molar-refractivity contribution in [1.29, 1.82) is 0 Å². The number of urea groups is 2. The van der Waals surface area contributed by atoms with Crippen LogP contribution in [0.15, 0.2) is 9.98 Å². The topological polar surface area (TPSA) is 160 Å². The second-order valence-corrected chi connectivity index (χ2v) is 12.4. The molecule has 228 valence electrons. The van der Waals surface area contributed by atoms with Gasteiger partial charge >= 0.3 is 12.1 Å². The molecule has 3 saturated carbocycles. The first-order chi connectivity index (χ1) is 20.0. The minimum atomic E-state index is -0.260. The van der Waals surface area contributed by atoms with E-state index in [1.165, 1.54) is 0 Å². The molecule has 3 aliphatic carbocycles. The van der Waals surface area contributed by atoms with Gasteiger partial charge in [0.05, 0.1) is 24.8 Å². The van der Waals surface area contributed by atoms with Gasteiger partial charge in [0.1, 0.15) is 0 Å². The van der Waals surface area contributed by atoms with Gasteiger partial charge in [-0.25, -0.2) is 9.59 Å². The molecule has 0 spiro atoms. The standard InChI is InChI=1S/C29H49N9O3/c1-2-30-27(39)20-15-23(37-28(40)35-21-7-3-18(4-8-21)25-31-11-12-32-25)17-24(16-20)38-29(41)36-22-9-5-19(6-10-22)26-33-13-14-34-26/h18-24H,2-17H2,1H3,(H,30,39)(H,31,32)(H,33,34)(H2,35,37,40)(H2,36,38,41). The molecule has 0 aromatic heterocycles. The second-order valence-electron chi connectivity index (χ2n) is 12.4. The normalized spacial score (nSPS) is 33.3. The van der Waals surface area contributed by atoms with Crippen molar-refractivity contribution >= 4 is 29.6 Å². The van der Waals surface area contributed by atoms with Crippen LogP contribution < -0.4 is 37.2 Å². The summed E-state index contributed by atoms with van der Waals surface area (Å²) in [5.74, 6) is 2.94. The number of amides is 5. The summed E-state index contributed by atoms with van der Waals surface area (Å²) in [4.78, 5) is 47.8. The first kappa shape index (κ1) is 29.4. The van der Waals surface area contributed by atoms with Crippen LogP contribution >= 0.6 is 0 Å². The van der Waals surface area contributed by atoms with Crippen molar-refractivity contribution in [2.45, 2.75) is 102 Å². The zero-order chi connectivity index (χ0) is 28.6. The van der Waals surface area contributed by atoms with Crippen LogP contribution in [-0.2, 0) is 4.79 Å². The zero-order valence-corrected chi connectivity index (χ0v) is 24.5. The SMILES string of the molecule is CCNC(=O)C1CC(NC(=O)NC2CCC(C3=NCCN3)CC2)CC(NC(=O)NC2CCC(C3=NCCN3)CC2)C1. The molecule has 0 aromatic carbocycles. The van der Waals surface area contributed by atoms with Crippen molar-refractivity contribution < 1.29 is 14.4 Å². The van der Waals surface area contributed by atoms with Crippen LogP contribution in [0.25, 0.3) is 0 Å². The molecule has 0 bridgehead atoms. The van der Waals surface area contributed by atoms with E-state index in [4.69, 9.17) is 0 Å². The Morgan fingerprint density at radius 3 is 1.49 bits per heavy atom. The number of aliphatic imine (C=N–C) groups is 2. The lowest BCUT2D eigenvalue weighted by Crippen LogP contribution is -2.55. The van der Waals surface area contributed by atoms with Gasteiger partial charge in [-0.15, -0.1) is 0 Å². The van der Waals surface area contributed by atoms with E-state index >= 15 is 0 Å². The van der Waals surface area contributed by atoms with Crippen molar-refractivity contribution in [2.24, 2.45) is 27.7 Å². The third kappa shape index (κ3) is 8.25. The van der Waals surface area contributed by atoms with Crippen molar-refractivity contribution in [1.82, 2.24) is 37.2 Å². The Bertz CT molecular complexity index is 918. The number of nitrogens with one attached hydrogen (secondary N) is 7. The van der Waals surface area contributed by atoms with Gasteiger partial charge in [0.15, 0.2) is 0 Å². The summed E-state index contributed by atoms with van der Waals surface area (Å²) in [7, 11) is 0. The molecule has 3 fully saturated rings. The lowest BCUT2D eigenvalue weighted by Gasteiger charge is -2.36. The summed E-state index contributed by atoms with van der Waals surface area (Å²) in [5.41, 5.74) is 0. The fourth-order valence-electron chi connectivity index (χ4n) is 7.31. The Morgan fingerprint density at radius 1 is 0.659 bits per heavy atom. The Labute approximate surface area is 243 Å². The van der Waals surface area contributed by atoms with Gasteiger partial charge in [0, 0.05) is 61.6 Å². The third-order valence-corrected chi connectivity index (χ3v) is 9.40. The molecule has 2 atom stereocenters. The fraction of sp³-hybridized carbons (Fsp3) is 0.828. The molecule has 2 aliphatic heterocycles. The van der Waals surface area contributed by atoms with Crippen molar-refractivity contribution in [2.75, 3.05) is 32.7 Å². The highest BCUT2D eigenvalue weighted by Gasteiger charge is 2.35. The molecule has 0 radical (unpaired) electrons. The largest absolute Gasteiger partial charge is 0.372 e. The summed E-state index contributed by atoms with van der Waals surface area (Å²) >= 11 is 0. The van der Waals surface area contributed by atoms with Crippen LogP contribution in [0.5, 0.6) is 0 Å². The van der Waals surface area contributed by atoms with Crippen molar-refractivity contribution in [3.63, 3.8) is 0 Å². The van der Waals surface area contributed by atoms with Crippen LogP contribution in [0.2, 0.25) is 0 Å². The fourth-order valence-corrected chi connectivity index (χ4v) is 7.31. The molecule has 5 rings (SSSR count). The summed E-state index contributed by atoms with van der Waals surface area (Å²) in [6, 6.07) is -0.472. The maximum atomic E-state index is 13.0. The van der Waals surface area contributed by atoms with Gasteiger partial charge in [0.25, 0.3) is 0 Å². The number of hydrogen-bond acceptors (Lipinski definition) is 7. The number of hydrogen-bond donors (Lipinski definition) is 7. The molecule has 12 heteroatoms. The first-order valence-electron chi connectivity index (χ1n) is 15.9. The lowest BCUT2D eigenvalue weighted by atomic mass is 9.81. The molecular weight excluding hydrogens is 522 g/mol. The summed E-state index contributed by atoms with van der Waals surface area (Å²) in [5, 5.41) is 22.3. The highest BCUT2D eigenvalue weighted by molar-refractivity contribution is 5.86. The minimum Gasteiger partial charge on any atom is -0.372 e. The van der Waals surface area contributed by atoms with Gasteiger partial charge in [-0.2, -0.15) is 0 Å². The molecule has 0 aromatic rings. The molecule has 5 amide bonds. The maximum Gasteiger partial charge on any atom is 0.315 e. The van der Waals surface area contributed by atoms with E-state index in [-0.39, 0.29) is 48.1 Å². The predicted molar refractivity (Wildman–Crippen MR) is 159 cm³/mol. The molecule has 7 N–H and O–H groups in total. The van der Waals surface area contributed by atoms with E-state index in [0.29, 0.717) is 37.6 Å². The van der Waals surface area contributed by atoms with Crippen molar-refractivity contribution in [3.05, 3.63) is 0 Å². The first-order valence-corrected chi connectivity index (χ1v) is 15.9. The van der Waals surface area contributed by atoms with Crippen molar-refractivity contribution in [3.8, 4) is 0 Å². The number of carbonyl (C=O) groups is 3. The maximum absolute atomic E-state index is 13.0. The number of carbonyl (C=O) groups excluding carboxylic acids is 3. The van der Waals surface area contributed by atoms with Gasteiger partial charge in [-0.3, -0.25) is 14.8 Å². The molecule has 2 unspecified atom stereocenters. The van der Waals surface area contributed by atoms with Gasteiger partial charge in [-0.1, -0.05) is 0 Å². The van der Waals surface area contributed by atoms with Crippen LogP contribution in [0.3, 0.4) is 0 Å². The average molecular weight is 572 g/mol. The molecule has 5 aliphatic rings. The monoisotopic (exact) mass is 571 g/mol. The summed E-state index contributed by atoms with van der Waals surface area (Å²) in [6.45, 7) is 6.05. The smallest absolute Gasteiger partial charge is 0.315 e. The Morgan fingerprint density at radius 2 is 1.10 bits per heavy atom. The lowest BCUT2D eigenvalue weighted by molar-refractivity contribution is -0.126. The van der Waals surface area contributed by atoms with E-state index in [0.717, 1.165) is 89.2 Å². The van der Waals surface area contributed by atoms with E-state index in [9.17, 15) is 14.4 Å². The van der Waals surface area contributed by atoms with E-state index in [1.54, 1.807) is 0 Å². The number of amidine groups is 2. The predicted octanol–water partition coefficient (Wildman–Crippen LogP) is 1.38. The van der Waals surface area contributed by atoms with Crippen LogP contribution in [0.4, 0.5) is 9.59 Å². The molecule has 2 heterocycles. The average Bonchev–Trinajstić information content (AvgIpc) is 3.69. The Kier molecular flexibility index (Phi) is 10.2. The highest BCUT2D eigenvalue weighted by Crippen LogP contribution is 2.28. The Balaban J connectivity index is 1.08. The minimum absolute atomic E-state index is 0.0184. The summed E-state index contributed by atoms with van der Waals surface area (Å²) < 4.78 is 0. The Hall–Kier alpha value is -3.05. The quantitative estimate of drug-likeness (QED) is 0.234. The van der Waals surface area contributed by atoms with Gasteiger partial charge < -0.3 is 37.2 Å². The third-order valence-electron chi connectivity index (χ3n) is 9.40. The molecule has 0 saturated heterocycles. The van der Waals surface area contributed by atoms with Crippen LogP contribution in [0, 0.1) is 17.8 Å². The molecular formula is C29H49N9O3. The second kappa shape index (κ2) is 14.2. The molecule has 12 nitrogen and oxygen atoms in total. The number of rotatable bonds is 8. The van der Waals surface area contributed by atoms with E-state index < -0.39 is 0 Å². The highest BCUT2D eigenvalue weighted by atomic mass is 16.2. The van der Waals surface area contributed by atoms with Crippen LogP contribution in [0.1, 0.15) is 77.6 Å². The van der Waals surface area contributed by atoms with E-state index in [2.05, 4.69) is 47.2 Å². The molecule has 41 heavy (non-hydrogen) atoms. The van der Waals surface area contributed by atoms with Crippen LogP contribution in [-0.4, -0.2) is 86.5 Å². The van der Waals surface area contributed by atoms with Gasteiger partial charge in [0.2, 0.25) is 5.91 Å².